The number of benzene rings is 12. The predicted octanol–water partition coefficient (Wildman–Crippen LogP) is 25.5. The smallest absolute Gasteiger partial charge is 0.0608 e. The van der Waals surface area contributed by atoms with Crippen LogP contribution in [0.25, 0.3) is 159 Å². The summed E-state index contributed by atoms with van der Waals surface area (Å²) < 4.78 is 10.8. The minimum absolute atomic E-state index is 0. The first kappa shape index (κ1) is 83.9. The van der Waals surface area contributed by atoms with Gasteiger partial charge in [0.1, 0.15) is 0 Å². The molecule has 22 rings (SSSR count). The molecule has 585 valence electrons. The summed E-state index contributed by atoms with van der Waals surface area (Å²) in [6, 6.07) is 98.5. The van der Waals surface area contributed by atoms with Crippen LogP contribution >= 0.6 is 0 Å². The van der Waals surface area contributed by atoms with Gasteiger partial charge in [0.25, 0.3) is 0 Å². The molecule has 0 unspecified atom stereocenters. The number of imidazole rings is 5. The Morgan fingerprint density at radius 2 is 0.603 bits per heavy atom. The number of pyridine rings is 5. The van der Waals surface area contributed by atoms with Crippen LogP contribution in [0, 0.1) is 37.3 Å². The van der Waals surface area contributed by atoms with Gasteiger partial charge in [-0.1, -0.05) is 210 Å². The molecule has 0 saturated carbocycles. The Hall–Kier alpha value is -10.1. The number of rotatable bonds is 5. The van der Waals surface area contributed by atoms with Crippen LogP contribution in [0.5, 0.6) is 0 Å². The molecule has 0 aliphatic heterocycles. The SMILES string of the molecule is CC(C)(C)c1ccc2c(c1)c1ccc[c-]c1c1nccn21.CC(C)c1ccc(-c2ccc3c(c2)c2ccc[c-]c2c2nccn32)cc1.CC(C)c1ccc(-c2cccc3c4ccc[c-]c4c4nccn4c23)cc1.CC(C)c1ccc2c(c1)c1ccc[c-]c1c1nccn21.Cc1ccc2c(c1)c1ccc[c-]c1c1nccn21.[Ir].[Ir].[Ir].[Ir].[Ir]. The van der Waals surface area contributed by atoms with Crippen LogP contribution in [-0.4, -0.2) is 46.9 Å². The van der Waals surface area contributed by atoms with Gasteiger partial charge >= 0.3 is 0 Å². The molecule has 5 radical (unpaired) electrons. The van der Waals surface area contributed by atoms with E-state index in [9.17, 15) is 0 Å². The summed E-state index contributed by atoms with van der Waals surface area (Å²) in [4.78, 5) is 22.6. The summed E-state index contributed by atoms with van der Waals surface area (Å²) in [5.41, 5.74) is 22.6. The van der Waals surface area contributed by atoms with Gasteiger partial charge in [0.15, 0.2) is 0 Å². The third-order valence-corrected chi connectivity index (χ3v) is 21.9. The van der Waals surface area contributed by atoms with Crippen molar-refractivity contribution in [3.05, 3.63) is 351 Å². The normalized spacial score (nSPS) is 11.4. The minimum atomic E-state index is 0. The Morgan fingerprint density at radius 1 is 0.284 bits per heavy atom. The third-order valence-electron chi connectivity index (χ3n) is 21.9. The van der Waals surface area contributed by atoms with Gasteiger partial charge in [-0.25, -0.2) is 0 Å². The first-order chi connectivity index (χ1) is 54.1. The number of hydrogen-bond donors (Lipinski definition) is 0. The van der Waals surface area contributed by atoms with Crippen molar-refractivity contribution in [3.63, 3.8) is 0 Å². The molecule has 0 fully saturated rings. The first-order valence-electron chi connectivity index (χ1n) is 38.2. The standard InChI is InChI=1S/2C24H19N2.C19H17N2.C18H15N2.C16H11N2.5Ir/c1-16(2)17-10-12-18(13-11-17)19-8-5-9-21-20-6-3-4-7-22(20)24-25-14-15-26(24)23(19)21;1-16(2)17-7-9-18(10-8-17)19-11-12-23-22(15-19)20-5-3-4-6-21(20)24-25-13-14-26(23)24;1-19(2,3)13-8-9-17-16(12-13)14-6-4-5-7-15(14)18-20-10-11-21(17)18;1-12(2)13-7-8-17-16(11-13)14-5-3-4-6-15(14)18-19-9-10-20(17)18;1-11-6-7-15-14(10-11)12-4-2-3-5-13(12)16-17-8-9-18(15)16;;;;;/h3-6,8-16H,1-2H3;3-5,7-16H,1-2H3;4-6,8-12H,1-3H3;3-5,7-12H,1-2H3;2-4,6-10H,1H3;;;;;/q5*-1;;;;;. The average molecular weight is 2400 g/mol. The number of nitrogens with zero attached hydrogens (tertiary/aromatic N) is 10. The molecule has 10 nitrogen and oxygen atoms in total. The Morgan fingerprint density at radius 3 is 1.02 bits per heavy atom. The van der Waals surface area contributed by atoms with E-state index in [1.54, 1.807) is 0 Å². The van der Waals surface area contributed by atoms with Gasteiger partial charge in [0.05, 0.1) is 28.2 Å². The van der Waals surface area contributed by atoms with E-state index in [2.05, 4.69) is 316 Å². The summed E-state index contributed by atoms with van der Waals surface area (Å²) in [5, 5.41) is 17.7. The molecule has 0 N–H and O–H groups in total. The van der Waals surface area contributed by atoms with E-state index in [1.165, 1.54) is 132 Å². The largest absolute Gasteiger partial charge is 0.340 e. The van der Waals surface area contributed by atoms with Crippen molar-refractivity contribution >= 4 is 137 Å². The molecule has 0 atom stereocenters. The Labute approximate surface area is 742 Å². The van der Waals surface area contributed by atoms with Gasteiger partial charge in [-0.2, -0.15) is 0 Å². The van der Waals surface area contributed by atoms with Crippen LogP contribution < -0.4 is 0 Å². The molecule has 0 spiro atoms. The molecule has 0 saturated heterocycles. The van der Waals surface area contributed by atoms with Crippen LogP contribution in [-0.2, 0) is 106 Å². The van der Waals surface area contributed by atoms with Crippen molar-refractivity contribution in [2.75, 3.05) is 0 Å². The fraction of sp³-hybridized carbons (Fsp3) is 0.139. The van der Waals surface area contributed by atoms with Gasteiger partial charge in [-0.05, 0) is 120 Å². The van der Waals surface area contributed by atoms with Crippen LogP contribution in [0.15, 0.2) is 292 Å². The van der Waals surface area contributed by atoms with Crippen LogP contribution in [0.1, 0.15) is 108 Å². The first-order valence-corrected chi connectivity index (χ1v) is 38.2. The molecule has 0 aliphatic rings. The Kier molecular flexibility index (Phi) is 25.3. The molecule has 12 aromatic carbocycles. The zero-order chi connectivity index (χ0) is 75.8. The van der Waals surface area contributed by atoms with Gasteiger partial charge < -0.3 is 22.0 Å². The molecule has 0 aliphatic carbocycles. The second-order valence-electron chi connectivity index (χ2n) is 30.8. The Bertz CT molecular complexity index is 7290. The van der Waals surface area contributed by atoms with Crippen LogP contribution in [0.4, 0.5) is 0 Å². The van der Waals surface area contributed by atoms with E-state index in [-0.39, 0.29) is 106 Å². The van der Waals surface area contributed by atoms with Crippen molar-refractivity contribution in [2.45, 2.75) is 92.4 Å². The Balaban J connectivity index is 0.000000126. The maximum Gasteiger partial charge on any atom is 0.0608 e. The molecule has 116 heavy (non-hydrogen) atoms. The second kappa shape index (κ2) is 35.0. The number of para-hydroxylation sites is 1. The number of fused-ring (bicyclic) bond motifs is 30. The topological polar surface area (TPSA) is 86.5 Å². The van der Waals surface area contributed by atoms with E-state index in [0.717, 1.165) is 55.2 Å². The van der Waals surface area contributed by atoms with E-state index < -0.39 is 0 Å². The molecule has 0 amide bonds. The van der Waals surface area contributed by atoms with E-state index in [0.29, 0.717) is 17.8 Å². The van der Waals surface area contributed by atoms with Gasteiger partial charge in [0.2, 0.25) is 0 Å². The number of aromatic nitrogens is 10. The second-order valence-corrected chi connectivity index (χ2v) is 30.8. The molecule has 15 heteroatoms. The zero-order valence-electron chi connectivity index (χ0n) is 65.6. The summed E-state index contributed by atoms with van der Waals surface area (Å²) in [7, 11) is 0. The van der Waals surface area contributed by atoms with Gasteiger partial charge in [-0.15, -0.1) is 148 Å². The summed E-state index contributed by atoms with van der Waals surface area (Å²) >= 11 is 0. The van der Waals surface area contributed by atoms with Crippen molar-refractivity contribution in [2.24, 2.45) is 0 Å². The summed E-state index contributed by atoms with van der Waals surface area (Å²) in [6.07, 6.45) is 19.4. The monoisotopic (exact) mass is 2400 g/mol. The van der Waals surface area contributed by atoms with E-state index in [1.807, 2.05) is 123 Å². The maximum atomic E-state index is 4.60. The fourth-order valence-electron chi connectivity index (χ4n) is 16.0. The minimum Gasteiger partial charge on any atom is -0.340 e. The summed E-state index contributed by atoms with van der Waals surface area (Å²) in [5.74, 6) is 1.62. The molecular formula is C101H81Ir5N10-5. The third kappa shape index (κ3) is 15.5. The summed E-state index contributed by atoms with van der Waals surface area (Å²) in [6.45, 7) is 22.2. The van der Waals surface area contributed by atoms with E-state index in [4.69, 9.17) is 0 Å². The molecular weight excluding hydrogens is 2310 g/mol. The zero-order valence-corrected chi connectivity index (χ0v) is 77.6. The van der Waals surface area contributed by atoms with Crippen molar-refractivity contribution < 1.29 is 101 Å². The van der Waals surface area contributed by atoms with Crippen molar-refractivity contribution in [3.8, 4) is 22.3 Å². The molecule has 22 aromatic rings. The maximum absolute atomic E-state index is 4.60. The van der Waals surface area contributed by atoms with Crippen LogP contribution in [0.2, 0.25) is 0 Å². The van der Waals surface area contributed by atoms with Crippen LogP contribution in [0.3, 0.4) is 0 Å². The predicted molar refractivity (Wildman–Crippen MR) is 462 cm³/mol. The van der Waals surface area contributed by atoms with Crippen molar-refractivity contribution in [1.82, 2.24) is 46.9 Å². The van der Waals surface area contributed by atoms with Crippen molar-refractivity contribution in [1.29, 1.82) is 0 Å². The fourth-order valence-corrected chi connectivity index (χ4v) is 16.0. The molecule has 0 bridgehead atoms. The quantitative estimate of drug-likeness (QED) is 0.127. The average Bonchev–Trinajstić information content (AvgIpc) is 1.47. The van der Waals surface area contributed by atoms with Gasteiger partial charge in [0, 0.05) is 196 Å². The van der Waals surface area contributed by atoms with Gasteiger partial charge in [-0.3, -0.25) is 24.9 Å². The number of aryl methyl sites for hydroxylation is 1. The van der Waals surface area contributed by atoms with E-state index >= 15 is 0 Å². The molecule has 10 heterocycles. The molecule has 10 aromatic heterocycles. The number of hydrogen-bond acceptors (Lipinski definition) is 5.